The van der Waals surface area contributed by atoms with E-state index in [2.05, 4.69) is 12.2 Å². The van der Waals surface area contributed by atoms with E-state index >= 15 is 0 Å². The molecule has 0 bridgehead atoms. The molecule has 0 radical (unpaired) electrons. The van der Waals surface area contributed by atoms with E-state index in [1.54, 1.807) is 0 Å². The molecule has 0 heterocycles. The van der Waals surface area contributed by atoms with Crippen molar-refractivity contribution in [3.63, 3.8) is 0 Å². The number of methoxy groups -OCH3 is 1. The smallest absolute Gasteiger partial charge is 0.326 e. The van der Waals surface area contributed by atoms with Crippen molar-refractivity contribution in [3.8, 4) is 0 Å². The molecule has 2 aliphatic carbocycles. The lowest BCUT2D eigenvalue weighted by Crippen LogP contribution is -2.59. The molecule has 0 saturated heterocycles. The first-order chi connectivity index (χ1) is 8.73. The number of ether oxygens (including phenoxy) is 1. The Balaban J connectivity index is 2.11. The molecule has 0 aromatic carbocycles. The van der Waals surface area contributed by atoms with Crippen LogP contribution in [0.4, 0.5) is 0 Å². The highest BCUT2D eigenvalue weighted by atomic mass is 16.5. The number of hydrogen-bond acceptors (Lipinski definition) is 3. The van der Waals surface area contributed by atoms with Gasteiger partial charge in [0.25, 0.3) is 0 Å². The second-order valence-electron chi connectivity index (χ2n) is 5.94. The summed E-state index contributed by atoms with van der Waals surface area (Å²) >= 11 is 0. The highest BCUT2D eigenvalue weighted by molar-refractivity contribution is 5.81. The van der Waals surface area contributed by atoms with Crippen molar-refractivity contribution < 1.29 is 9.53 Å². The molecular weight excluding hydrogens is 226 g/mol. The van der Waals surface area contributed by atoms with E-state index in [-0.39, 0.29) is 11.5 Å². The van der Waals surface area contributed by atoms with Crippen LogP contribution >= 0.6 is 0 Å². The van der Waals surface area contributed by atoms with Crippen LogP contribution < -0.4 is 5.32 Å². The summed E-state index contributed by atoms with van der Waals surface area (Å²) in [6.07, 6.45) is 10.7. The zero-order chi connectivity index (χ0) is 13.0. The van der Waals surface area contributed by atoms with Crippen molar-refractivity contribution in [2.45, 2.75) is 76.3 Å². The Bertz CT molecular complexity index is 286. The third-order valence-electron chi connectivity index (χ3n) is 4.93. The van der Waals surface area contributed by atoms with Gasteiger partial charge < -0.3 is 4.74 Å². The van der Waals surface area contributed by atoms with Gasteiger partial charge in [0, 0.05) is 6.04 Å². The number of carbonyl (C=O) groups excluding carboxylic acids is 1. The molecule has 0 aromatic heterocycles. The summed E-state index contributed by atoms with van der Waals surface area (Å²) < 4.78 is 5.11. The molecule has 3 nitrogen and oxygen atoms in total. The Morgan fingerprint density at radius 1 is 1.22 bits per heavy atom. The monoisotopic (exact) mass is 253 g/mol. The molecule has 0 aromatic rings. The average molecular weight is 253 g/mol. The van der Waals surface area contributed by atoms with Crippen LogP contribution in [0.15, 0.2) is 0 Å². The number of nitrogens with one attached hydrogen (secondary N) is 1. The Morgan fingerprint density at radius 3 is 2.56 bits per heavy atom. The van der Waals surface area contributed by atoms with E-state index in [9.17, 15) is 4.79 Å². The van der Waals surface area contributed by atoms with Gasteiger partial charge in [0.1, 0.15) is 5.54 Å². The minimum Gasteiger partial charge on any atom is -0.468 e. The fraction of sp³-hybridized carbons (Fsp3) is 0.933. The van der Waals surface area contributed by atoms with Crippen LogP contribution in [0, 0.1) is 5.92 Å². The summed E-state index contributed by atoms with van der Waals surface area (Å²) in [6, 6.07) is 0.519. The van der Waals surface area contributed by atoms with E-state index < -0.39 is 0 Å². The van der Waals surface area contributed by atoms with Crippen LogP contribution in [-0.4, -0.2) is 24.7 Å². The van der Waals surface area contributed by atoms with Crippen LogP contribution in [0.25, 0.3) is 0 Å². The average Bonchev–Trinajstić information content (AvgIpc) is 2.83. The number of hydrogen-bond donors (Lipinski definition) is 1. The van der Waals surface area contributed by atoms with E-state index in [4.69, 9.17) is 4.74 Å². The summed E-state index contributed by atoms with van der Waals surface area (Å²) in [6.45, 7) is 2.19. The first-order valence-corrected chi connectivity index (χ1v) is 7.59. The van der Waals surface area contributed by atoms with Gasteiger partial charge in [0.05, 0.1) is 7.11 Å². The highest BCUT2D eigenvalue weighted by Crippen LogP contribution is 2.40. The van der Waals surface area contributed by atoms with Crippen LogP contribution in [0.5, 0.6) is 0 Å². The largest absolute Gasteiger partial charge is 0.468 e. The normalized spacial score (nSPS) is 33.6. The molecule has 0 spiro atoms. The van der Waals surface area contributed by atoms with E-state index in [0.717, 1.165) is 25.7 Å². The second-order valence-corrected chi connectivity index (χ2v) is 5.94. The fourth-order valence-corrected chi connectivity index (χ4v) is 3.94. The number of rotatable bonds is 4. The second kappa shape index (κ2) is 6.05. The Hall–Kier alpha value is -0.570. The highest BCUT2D eigenvalue weighted by Gasteiger charge is 2.49. The van der Waals surface area contributed by atoms with E-state index in [0.29, 0.717) is 12.0 Å². The van der Waals surface area contributed by atoms with Crippen molar-refractivity contribution in [1.29, 1.82) is 0 Å². The van der Waals surface area contributed by atoms with Crippen LogP contribution in [0.2, 0.25) is 0 Å². The van der Waals surface area contributed by atoms with Gasteiger partial charge in [-0.05, 0) is 31.6 Å². The third-order valence-corrected chi connectivity index (χ3v) is 4.93. The predicted octanol–water partition coefficient (Wildman–Crippen LogP) is 3.03. The SMILES string of the molecule is CCC1CCCC1(NC1CCCCC1)C(=O)OC. The molecule has 2 saturated carbocycles. The molecule has 2 atom stereocenters. The molecule has 104 valence electrons. The van der Waals surface area contributed by atoms with Gasteiger partial charge in [-0.25, -0.2) is 0 Å². The zero-order valence-corrected chi connectivity index (χ0v) is 11.8. The molecule has 0 amide bonds. The fourth-order valence-electron chi connectivity index (χ4n) is 3.94. The molecule has 2 aliphatic rings. The van der Waals surface area contributed by atoms with Crippen molar-refractivity contribution in [1.82, 2.24) is 5.32 Å². The topological polar surface area (TPSA) is 38.3 Å². The molecule has 3 heteroatoms. The lowest BCUT2D eigenvalue weighted by atomic mass is 9.82. The van der Waals surface area contributed by atoms with Crippen molar-refractivity contribution >= 4 is 5.97 Å². The van der Waals surface area contributed by atoms with Crippen LogP contribution in [0.1, 0.15) is 64.7 Å². The quantitative estimate of drug-likeness (QED) is 0.783. The maximum absolute atomic E-state index is 12.3. The molecule has 2 unspecified atom stereocenters. The molecule has 18 heavy (non-hydrogen) atoms. The van der Waals surface area contributed by atoms with E-state index in [1.165, 1.54) is 39.2 Å². The summed E-state index contributed by atoms with van der Waals surface area (Å²) in [4.78, 5) is 12.3. The van der Waals surface area contributed by atoms with Gasteiger partial charge in [-0.3, -0.25) is 10.1 Å². The molecule has 2 rings (SSSR count). The minimum absolute atomic E-state index is 0.0302. The summed E-state index contributed by atoms with van der Waals surface area (Å²) in [5, 5.41) is 3.71. The summed E-state index contributed by atoms with van der Waals surface area (Å²) in [5.41, 5.74) is -0.383. The van der Waals surface area contributed by atoms with Gasteiger partial charge in [-0.2, -0.15) is 0 Å². The van der Waals surface area contributed by atoms with Crippen molar-refractivity contribution in [2.75, 3.05) is 7.11 Å². The van der Waals surface area contributed by atoms with Gasteiger partial charge in [-0.15, -0.1) is 0 Å². The van der Waals surface area contributed by atoms with Gasteiger partial charge in [-0.1, -0.05) is 39.0 Å². The predicted molar refractivity (Wildman–Crippen MR) is 72.4 cm³/mol. The first-order valence-electron chi connectivity index (χ1n) is 7.59. The molecule has 2 fully saturated rings. The van der Waals surface area contributed by atoms with Crippen LogP contribution in [0.3, 0.4) is 0 Å². The molecule has 0 aliphatic heterocycles. The van der Waals surface area contributed by atoms with Gasteiger partial charge in [0.15, 0.2) is 0 Å². The summed E-state index contributed by atoms with van der Waals surface area (Å²) in [7, 11) is 1.53. The van der Waals surface area contributed by atoms with Crippen LogP contribution in [-0.2, 0) is 9.53 Å². The maximum atomic E-state index is 12.3. The zero-order valence-electron chi connectivity index (χ0n) is 11.8. The molecular formula is C15H27NO2. The summed E-state index contributed by atoms with van der Waals surface area (Å²) in [5.74, 6) is 0.421. The Morgan fingerprint density at radius 2 is 1.94 bits per heavy atom. The third kappa shape index (κ3) is 2.56. The maximum Gasteiger partial charge on any atom is 0.326 e. The van der Waals surface area contributed by atoms with Gasteiger partial charge >= 0.3 is 5.97 Å². The lowest BCUT2D eigenvalue weighted by Gasteiger charge is -2.38. The minimum atomic E-state index is -0.383. The van der Waals surface area contributed by atoms with Gasteiger partial charge in [0.2, 0.25) is 0 Å². The Labute approximate surface area is 111 Å². The standard InChI is InChI=1S/C15H27NO2/c1-3-12-8-7-11-15(12,14(17)18-2)16-13-9-5-4-6-10-13/h12-13,16H,3-11H2,1-2H3. The molecule has 1 N–H and O–H groups in total. The number of esters is 1. The Kier molecular flexibility index (Phi) is 4.66. The van der Waals surface area contributed by atoms with E-state index in [1.807, 2.05) is 0 Å². The van der Waals surface area contributed by atoms with Crippen molar-refractivity contribution in [2.24, 2.45) is 5.92 Å². The van der Waals surface area contributed by atoms with Crippen molar-refractivity contribution in [3.05, 3.63) is 0 Å². The lowest BCUT2D eigenvalue weighted by molar-refractivity contribution is -0.151. The number of carbonyl (C=O) groups is 1. The first kappa shape index (κ1) is 13.9.